The Bertz CT molecular complexity index is 402. The van der Waals surface area contributed by atoms with Crippen molar-refractivity contribution in [3.05, 3.63) is 11.3 Å². The molecule has 1 aromatic rings. The Morgan fingerprint density at radius 2 is 2.27 bits per heavy atom. The van der Waals surface area contributed by atoms with E-state index in [-0.39, 0.29) is 6.47 Å². The molecule has 0 radical (unpaired) electrons. The number of hydrogen-bond acceptors (Lipinski definition) is 4. The number of rotatable bonds is 4. The normalized spacial score (nSPS) is 10.4. The highest BCUT2D eigenvalue weighted by molar-refractivity contribution is 5.96. The number of alkyl halides is 2. The summed E-state index contributed by atoms with van der Waals surface area (Å²) >= 11 is 0. The quantitative estimate of drug-likeness (QED) is 0.721. The van der Waals surface area contributed by atoms with Gasteiger partial charge in [0.05, 0.1) is 0 Å². The molecule has 0 aliphatic carbocycles. The maximum absolute atomic E-state index is 12.4. The summed E-state index contributed by atoms with van der Waals surface area (Å²) in [6, 6.07) is 0. The van der Waals surface area contributed by atoms with Crippen molar-refractivity contribution in [2.24, 2.45) is 12.8 Å². The van der Waals surface area contributed by atoms with Crippen molar-refractivity contribution in [2.45, 2.75) is 6.43 Å². The topological polar surface area (TPSA) is 87.2 Å². The zero-order chi connectivity index (χ0) is 11.6. The van der Waals surface area contributed by atoms with E-state index in [1.165, 1.54) is 7.05 Å². The average Bonchev–Trinajstić information content (AvgIpc) is 2.45. The first kappa shape index (κ1) is 11.1. The molecule has 0 fully saturated rings. The summed E-state index contributed by atoms with van der Waals surface area (Å²) in [7, 11) is 1.25. The third-order valence-corrected chi connectivity index (χ3v) is 1.63. The molecule has 0 aliphatic rings. The van der Waals surface area contributed by atoms with E-state index in [0.29, 0.717) is 0 Å². The van der Waals surface area contributed by atoms with Crippen molar-refractivity contribution in [3.8, 4) is 5.88 Å². The summed E-state index contributed by atoms with van der Waals surface area (Å²) in [6.07, 6.45) is -2.97. The van der Waals surface area contributed by atoms with Crippen LogP contribution in [-0.2, 0) is 11.8 Å². The van der Waals surface area contributed by atoms with Crippen molar-refractivity contribution in [2.75, 3.05) is 0 Å². The molecule has 1 aromatic heterocycles. The molecule has 6 nitrogen and oxygen atoms in total. The molecule has 0 unspecified atom stereocenters. The molecule has 2 N–H and O–H groups in total. The lowest BCUT2D eigenvalue weighted by atomic mass is 10.2. The van der Waals surface area contributed by atoms with Crippen LogP contribution in [-0.4, -0.2) is 22.2 Å². The van der Waals surface area contributed by atoms with E-state index in [9.17, 15) is 18.4 Å². The minimum absolute atomic E-state index is 0.00129. The average molecular weight is 219 g/mol. The van der Waals surface area contributed by atoms with E-state index in [1.807, 2.05) is 0 Å². The second-order valence-corrected chi connectivity index (χ2v) is 2.57. The second kappa shape index (κ2) is 4.03. The van der Waals surface area contributed by atoms with Gasteiger partial charge in [0.1, 0.15) is 11.3 Å². The summed E-state index contributed by atoms with van der Waals surface area (Å²) < 4.78 is 30.0. The molecule has 8 heteroatoms. The summed E-state index contributed by atoms with van der Waals surface area (Å²) in [5.41, 5.74) is 3.49. The predicted molar refractivity (Wildman–Crippen MR) is 43.4 cm³/mol. The van der Waals surface area contributed by atoms with Gasteiger partial charge < -0.3 is 10.5 Å². The Balaban J connectivity index is 3.36. The molecular formula is C7H7F2N3O3. The summed E-state index contributed by atoms with van der Waals surface area (Å²) in [5, 5.41) is 3.33. The number of carbonyl (C=O) groups excluding carboxylic acids is 2. The largest absolute Gasteiger partial charge is 0.409 e. The van der Waals surface area contributed by atoms with E-state index in [0.717, 1.165) is 4.68 Å². The highest BCUT2D eigenvalue weighted by atomic mass is 19.3. The standard InChI is InChI=1S/C7H7F2N3O3/c1-12-7(15-2-13)3(6(10)14)4(11-12)5(8)9/h2,5H,1H3,(H2,10,14). The minimum Gasteiger partial charge on any atom is -0.409 e. The molecule has 1 heterocycles. The van der Waals surface area contributed by atoms with Gasteiger partial charge in [0.2, 0.25) is 5.88 Å². The van der Waals surface area contributed by atoms with Crippen LogP contribution in [0.1, 0.15) is 22.5 Å². The van der Waals surface area contributed by atoms with Gasteiger partial charge in [0, 0.05) is 7.05 Å². The van der Waals surface area contributed by atoms with Gasteiger partial charge in [-0.3, -0.25) is 9.59 Å². The van der Waals surface area contributed by atoms with Crippen LogP contribution in [0.25, 0.3) is 0 Å². The summed E-state index contributed by atoms with van der Waals surface area (Å²) in [5.74, 6) is -1.52. The number of nitrogens with zero attached hydrogens (tertiary/aromatic N) is 2. The maximum Gasteiger partial charge on any atom is 0.299 e. The number of halogens is 2. The molecule has 82 valence electrons. The molecule has 15 heavy (non-hydrogen) atoms. The Labute approximate surface area is 82.6 Å². The van der Waals surface area contributed by atoms with Crippen molar-refractivity contribution in [1.29, 1.82) is 0 Å². The highest BCUT2D eigenvalue weighted by Crippen LogP contribution is 2.28. The van der Waals surface area contributed by atoms with Crippen LogP contribution in [0.3, 0.4) is 0 Å². The van der Waals surface area contributed by atoms with E-state index in [2.05, 4.69) is 9.84 Å². The fourth-order valence-electron chi connectivity index (χ4n) is 1.09. The molecule has 0 aliphatic heterocycles. The van der Waals surface area contributed by atoms with Crippen LogP contribution < -0.4 is 10.5 Å². The van der Waals surface area contributed by atoms with Crippen LogP contribution in [0, 0.1) is 0 Å². The molecule has 1 rings (SSSR count). The van der Waals surface area contributed by atoms with Crippen LogP contribution in [0.4, 0.5) is 8.78 Å². The number of aromatic nitrogens is 2. The predicted octanol–water partition coefficient (Wildman–Crippen LogP) is -0.00820. The van der Waals surface area contributed by atoms with Crippen LogP contribution in [0.15, 0.2) is 0 Å². The van der Waals surface area contributed by atoms with Crippen molar-refractivity contribution < 1.29 is 23.1 Å². The van der Waals surface area contributed by atoms with E-state index < -0.39 is 29.5 Å². The smallest absolute Gasteiger partial charge is 0.299 e. The van der Waals surface area contributed by atoms with Gasteiger partial charge in [-0.25, -0.2) is 13.5 Å². The van der Waals surface area contributed by atoms with Gasteiger partial charge in [-0.1, -0.05) is 0 Å². The number of aryl methyl sites for hydroxylation is 1. The molecule has 1 amide bonds. The van der Waals surface area contributed by atoms with Crippen LogP contribution in [0.2, 0.25) is 0 Å². The molecule has 0 saturated carbocycles. The van der Waals surface area contributed by atoms with Crippen LogP contribution >= 0.6 is 0 Å². The zero-order valence-corrected chi connectivity index (χ0v) is 7.61. The van der Waals surface area contributed by atoms with E-state index >= 15 is 0 Å². The molecular weight excluding hydrogens is 212 g/mol. The van der Waals surface area contributed by atoms with Gasteiger partial charge >= 0.3 is 0 Å². The number of amides is 1. The Hall–Kier alpha value is -1.99. The molecule has 0 aromatic carbocycles. The number of hydrogen-bond donors (Lipinski definition) is 1. The van der Waals surface area contributed by atoms with Gasteiger partial charge in [-0.15, -0.1) is 0 Å². The zero-order valence-electron chi connectivity index (χ0n) is 7.61. The number of ether oxygens (including phenoxy) is 1. The number of carbonyl (C=O) groups is 2. The lowest BCUT2D eigenvalue weighted by molar-refractivity contribution is -0.121. The fraction of sp³-hybridized carbons (Fsp3) is 0.286. The lowest BCUT2D eigenvalue weighted by Crippen LogP contribution is -2.14. The Morgan fingerprint density at radius 1 is 1.67 bits per heavy atom. The SMILES string of the molecule is Cn1nc(C(F)F)c(C(N)=O)c1OC=O. The lowest BCUT2D eigenvalue weighted by Gasteiger charge is -1.99. The first-order chi connectivity index (χ1) is 6.99. The molecule has 0 spiro atoms. The Morgan fingerprint density at radius 3 is 2.67 bits per heavy atom. The summed E-state index contributed by atoms with van der Waals surface area (Å²) in [4.78, 5) is 21.0. The molecule has 0 saturated heterocycles. The minimum atomic E-state index is -2.97. The van der Waals surface area contributed by atoms with Crippen molar-refractivity contribution in [3.63, 3.8) is 0 Å². The van der Waals surface area contributed by atoms with Gasteiger partial charge in [-0.2, -0.15) is 5.10 Å². The van der Waals surface area contributed by atoms with E-state index in [1.54, 1.807) is 0 Å². The highest BCUT2D eigenvalue weighted by Gasteiger charge is 2.27. The summed E-state index contributed by atoms with van der Waals surface area (Å²) in [6.45, 7) is -0.00129. The van der Waals surface area contributed by atoms with E-state index in [4.69, 9.17) is 5.73 Å². The van der Waals surface area contributed by atoms with Crippen LogP contribution in [0.5, 0.6) is 5.88 Å². The fourth-order valence-corrected chi connectivity index (χ4v) is 1.09. The third kappa shape index (κ3) is 1.92. The first-order valence-electron chi connectivity index (χ1n) is 3.74. The van der Waals surface area contributed by atoms with Crippen molar-refractivity contribution >= 4 is 12.4 Å². The third-order valence-electron chi connectivity index (χ3n) is 1.63. The molecule has 0 atom stereocenters. The Kier molecular flexibility index (Phi) is 2.98. The monoisotopic (exact) mass is 219 g/mol. The number of nitrogens with two attached hydrogens (primary N) is 1. The molecule has 0 bridgehead atoms. The van der Waals surface area contributed by atoms with Gasteiger partial charge in [-0.05, 0) is 0 Å². The van der Waals surface area contributed by atoms with Gasteiger partial charge in [0.15, 0.2) is 0 Å². The first-order valence-corrected chi connectivity index (χ1v) is 3.74. The van der Waals surface area contributed by atoms with Crippen molar-refractivity contribution in [1.82, 2.24) is 9.78 Å². The van der Waals surface area contributed by atoms with Gasteiger partial charge in [0.25, 0.3) is 18.8 Å². The maximum atomic E-state index is 12.4. The second-order valence-electron chi connectivity index (χ2n) is 2.57. The number of primary amides is 1.